The van der Waals surface area contributed by atoms with Crippen molar-refractivity contribution in [3.63, 3.8) is 0 Å². The Hall–Kier alpha value is -2.87. The molecule has 29 heavy (non-hydrogen) atoms. The summed E-state index contributed by atoms with van der Waals surface area (Å²) in [6, 6.07) is 13.8. The van der Waals surface area contributed by atoms with Gasteiger partial charge in [-0.1, -0.05) is 25.1 Å². The number of methoxy groups -OCH3 is 1. The van der Waals surface area contributed by atoms with E-state index in [1.165, 1.54) is 17.5 Å². The molecule has 0 aliphatic rings. The highest BCUT2D eigenvalue weighted by Crippen LogP contribution is 2.19. The van der Waals surface area contributed by atoms with Crippen molar-refractivity contribution in [3.8, 4) is 0 Å². The third-order valence-corrected chi connectivity index (χ3v) is 5.56. The van der Waals surface area contributed by atoms with Crippen molar-refractivity contribution in [1.29, 1.82) is 0 Å². The van der Waals surface area contributed by atoms with Gasteiger partial charge in [-0.25, -0.2) is 13.2 Å². The van der Waals surface area contributed by atoms with E-state index >= 15 is 0 Å². The summed E-state index contributed by atoms with van der Waals surface area (Å²) in [5.41, 5.74) is 2.52. The first-order valence-corrected chi connectivity index (χ1v) is 11.1. The lowest BCUT2D eigenvalue weighted by atomic mass is 10.1. The fraction of sp³-hybridized carbons (Fsp3) is 0.333. The van der Waals surface area contributed by atoms with Crippen LogP contribution >= 0.6 is 0 Å². The molecule has 0 atom stereocenters. The number of carbonyl (C=O) groups excluding carboxylic acids is 2. The van der Waals surface area contributed by atoms with Crippen LogP contribution in [0.3, 0.4) is 0 Å². The van der Waals surface area contributed by atoms with E-state index in [9.17, 15) is 18.0 Å². The van der Waals surface area contributed by atoms with Crippen LogP contribution in [-0.4, -0.2) is 40.2 Å². The number of hydrogen-bond acceptors (Lipinski definition) is 5. The molecule has 0 aliphatic carbocycles. The minimum atomic E-state index is -3.46. The molecule has 0 radical (unpaired) electrons. The second-order valence-corrected chi connectivity index (χ2v) is 8.49. The molecule has 0 fully saturated rings. The van der Waals surface area contributed by atoms with Gasteiger partial charge in [-0.2, -0.15) is 0 Å². The molecule has 0 heterocycles. The third kappa shape index (κ3) is 6.60. The predicted octanol–water partition coefficient (Wildman–Crippen LogP) is 3.22. The lowest BCUT2D eigenvalue weighted by Gasteiger charge is -2.22. The van der Waals surface area contributed by atoms with E-state index in [1.807, 2.05) is 19.1 Å². The van der Waals surface area contributed by atoms with Crippen LogP contribution in [0, 0.1) is 0 Å². The van der Waals surface area contributed by atoms with Gasteiger partial charge in [0.2, 0.25) is 15.9 Å². The highest BCUT2D eigenvalue weighted by atomic mass is 32.2. The maximum Gasteiger partial charge on any atom is 0.337 e. The molecule has 2 aromatic rings. The number of amides is 1. The molecule has 7 nitrogen and oxygen atoms in total. The van der Waals surface area contributed by atoms with Crippen LogP contribution in [0.15, 0.2) is 48.5 Å². The van der Waals surface area contributed by atoms with Crippen molar-refractivity contribution < 1.29 is 22.7 Å². The molecular formula is C21H26N2O5S. The Balaban J connectivity index is 1.97. The van der Waals surface area contributed by atoms with Crippen molar-refractivity contribution in [2.45, 2.75) is 26.2 Å². The summed E-state index contributed by atoms with van der Waals surface area (Å²) < 4.78 is 30.3. The first-order valence-electron chi connectivity index (χ1n) is 9.29. The number of rotatable bonds is 9. The smallest absolute Gasteiger partial charge is 0.337 e. The zero-order valence-electron chi connectivity index (χ0n) is 16.8. The average Bonchev–Trinajstić information content (AvgIpc) is 2.70. The minimum absolute atomic E-state index is 0.140. The average molecular weight is 419 g/mol. The Labute approximate surface area is 171 Å². The number of aryl methyl sites for hydroxylation is 1. The molecule has 2 rings (SSSR count). The molecule has 1 N–H and O–H groups in total. The maximum absolute atomic E-state index is 12.2. The monoisotopic (exact) mass is 418 g/mol. The van der Waals surface area contributed by atoms with Gasteiger partial charge in [0.15, 0.2) is 0 Å². The normalized spacial score (nSPS) is 11.0. The van der Waals surface area contributed by atoms with E-state index in [4.69, 9.17) is 0 Å². The van der Waals surface area contributed by atoms with Gasteiger partial charge in [0, 0.05) is 18.7 Å². The quantitative estimate of drug-likeness (QED) is 0.631. The summed E-state index contributed by atoms with van der Waals surface area (Å²) >= 11 is 0. The van der Waals surface area contributed by atoms with Gasteiger partial charge in [-0.3, -0.25) is 9.10 Å². The summed E-state index contributed by atoms with van der Waals surface area (Å²) in [7, 11) is -2.17. The van der Waals surface area contributed by atoms with Crippen LogP contribution in [0.5, 0.6) is 0 Å². The number of nitrogens with zero attached hydrogens (tertiary/aromatic N) is 1. The molecule has 156 valence electrons. The molecule has 2 aromatic carbocycles. The molecule has 0 bridgehead atoms. The van der Waals surface area contributed by atoms with Crippen LogP contribution in [0.4, 0.5) is 11.4 Å². The van der Waals surface area contributed by atoms with Crippen LogP contribution in [-0.2, 0) is 26.0 Å². The summed E-state index contributed by atoms with van der Waals surface area (Å²) in [5.74, 6) is -0.749. The second-order valence-electron chi connectivity index (χ2n) is 6.58. The van der Waals surface area contributed by atoms with E-state index in [2.05, 4.69) is 10.1 Å². The zero-order valence-corrected chi connectivity index (χ0v) is 17.7. The van der Waals surface area contributed by atoms with Gasteiger partial charge >= 0.3 is 5.97 Å². The van der Waals surface area contributed by atoms with Crippen molar-refractivity contribution in [2.75, 3.05) is 29.5 Å². The minimum Gasteiger partial charge on any atom is -0.465 e. The molecule has 1 amide bonds. The third-order valence-electron chi connectivity index (χ3n) is 4.37. The predicted molar refractivity (Wildman–Crippen MR) is 114 cm³/mol. The summed E-state index contributed by atoms with van der Waals surface area (Å²) in [6.07, 6.45) is 2.52. The fourth-order valence-electron chi connectivity index (χ4n) is 2.83. The Bertz CT molecular complexity index is 955. The van der Waals surface area contributed by atoms with Gasteiger partial charge in [-0.15, -0.1) is 0 Å². The summed E-state index contributed by atoms with van der Waals surface area (Å²) in [6.45, 7) is 2.22. The molecule has 0 saturated heterocycles. The number of sulfonamides is 1. The van der Waals surface area contributed by atoms with Gasteiger partial charge in [0.1, 0.15) is 0 Å². The number of benzene rings is 2. The van der Waals surface area contributed by atoms with Gasteiger partial charge < -0.3 is 10.1 Å². The molecule has 0 spiro atoms. The number of hydrogen-bond donors (Lipinski definition) is 1. The Kier molecular flexibility index (Phi) is 7.78. The summed E-state index contributed by atoms with van der Waals surface area (Å²) in [5, 5.41) is 2.71. The Morgan fingerprint density at radius 2 is 1.79 bits per heavy atom. The Morgan fingerprint density at radius 1 is 1.10 bits per heavy atom. The van der Waals surface area contributed by atoms with E-state index in [0.717, 1.165) is 18.2 Å². The Morgan fingerprint density at radius 3 is 2.38 bits per heavy atom. The van der Waals surface area contributed by atoms with Crippen molar-refractivity contribution in [2.24, 2.45) is 0 Å². The zero-order chi connectivity index (χ0) is 21.4. The molecular weight excluding hydrogens is 392 g/mol. The van der Waals surface area contributed by atoms with Crippen molar-refractivity contribution >= 4 is 33.3 Å². The van der Waals surface area contributed by atoms with Crippen LogP contribution in [0.2, 0.25) is 0 Å². The summed E-state index contributed by atoms with van der Waals surface area (Å²) in [4.78, 5) is 23.8. The van der Waals surface area contributed by atoms with Gasteiger partial charge in [-0.05, 0) is 48.7 Å². The highest BCUT2D eigenvalue weighted by molar-refractivity contribution is 7.92. The van der Waals surface area contributed by atoms with E-state index in [1.54, 1.807) is 30.3 Å². The van der Waals surface area contributed by atoms with E-state index in [0.29, 0.717) is 23.4 Å². The van der Waals surface area contributed by atoms with Gasteiger partial charge in [0.25, 0.3) is 0 Å². The molecule has 0 aromatic heterocycles. The first kappa shape index (κ1) is 22.4. The number of carbonyl (C=O) groups is 2. The lowest BCUT2D eigenvalue weighted by Crippen LogP contribution is -2.31. The fourth-order valence-corrected chi connectivity index (χ4v) is 3.80. The lowest BCUT2D eigenvalue weighted by molar-refractivity contribution is -0.116. The first-order chi connectivity index (χ1) is 13.7. The van der Waals surface area contributed by atoms with Gasteiger partial charge in [0.05, 0.1) is 24.6 Å². The van der Waals surface area contributed by atoms with E-state index in [-0.39, 0.29) is 18.9 Å². The molecule has 0 aliphatic heterocycles. The standard InChI is InChI=1S/C21H26N2O5S/c1-4-16-10-12-19(13-11-16)23(29(3,26)27)14-6-9-20(24)22-18-8-5-7-17(15-18)21(25)28-2/h5,7-8,10-13,15H,4,6,9,14H2,1-3H3,(H,22,24). The highest BCUT2D eigenvalue weighted by Gasteiger charge is 2.17. The van der Waals surface area contributed by atoms with Crippen molar-refractivity contribution in [3.05, 3.63) is 59.7 Å². The SMILES string of the molecule is CCc1ccc(N(CCCC(=O)Nc2cccc(C(=O)OC)c2)S(C)(=O)=O)cc1. The number of ether oxygens (including phenoxy) is 1. The van der Waals surface area contributed by atoms with Crippen LogP contribution in [0.25, 0.3) is 0 Å². The van der Waals surface area contributed by atoms with E-state index < -0.39 is 16.0 Å². The number of nitrogens with one attached hydrogen (secondary N) is 1. The van der Waals surface area contributed by atoms with Crippen molar-refractivity contribution in [1.82, 2.24) is 0 Å². The topological polar surface area (TPSA) is 92.8 Å². The van der Waals surface area contributed by atoms with Crippen LogP contribution < -0.4 is 9.62 Å². The largest absolute Gasteiger partial charge is 0.465 e. The number of esters is 1. The molecule has 0 saturated carbocycles. The van der Waals surface area contributed by atoms with Crippen LogP contribution in [0.1, 0.15) is 35.7 Å². The maximum atomic E-state index is 12.2. The number of anilines is 2. The molecule has 0 unspecified atom stereocenters. The second kappa shape index (κ2) is 10.1. The molecule has 8 heteroatoms.